The molecule has 0 aliphatic heterocycles. The molecule has 19 heavy (non-hydrogen) atoms. The molecule has 1 N–H and O–H groups in total. The van der Waals surface area contributed by atoms with Gasteiger partial charge in [0, 0.05) is 11.5 Å². The first-order chi connectivity index (χ1) is 9.22. The summed E-state index contributed by atoms with van der Waals surface area (Å²) < 4.78 is 6.29. The number of aryl methyl sites for hydroxylation is 1. The van der Waals surface area contributed by atoms with Crippen LogP contribution in [0.15, 0.2) is 11.4 Å². The van der Waals surface area contributed by atoms with Gasteiger partial charge in [0.2, 0.25) is 0 Å². The molecule has 108 valence electrons. The van der Waals surface area contributed by atoms with Crippen LogP contribution in [-0.2, 0) is 4.74 Å². The quantitative estimate of drug-likeness (QED) is 0.832. The van der Waals surface area contributed by atoms with E-state index in [1.807, 2.05) is 11.3 Å². The van der Waals surface area contributed by atoms with Crippen LogP contribution in [0, 0.1) is 6.92 Å². The molecule has 1 saturated carbocycles. The molecule has 0 spiro atoms. The Hall–Kier alpha value is -0.380. The van der Waals surface area contributed by atoms with Crippen molar-refractivity contribution in [3.05, 3.63) is 21.9 Å². The van der Waals surface area contributed by atoms with E-state index in [4.69, 9.17) is 4.74 Å². The maximum atomic E-state index is 6.29. The van der Waals surface area contributed by atoms with Gasteiger partial charge in [-0.3, -0.25) is 0 Å². The van der Waals surface area contributed by atoms with E-state index in [9.17, 15) is 0 Å². The largest absolute Gasteiger partial charge is 0.373 e. The van der Waals surface area contributed by atoms with Gasteiger partial charge < -0.3 is 10.1 Å². The lowest BCUT2D eigenvalue weighted by molar-refractivity contribution is -0.0909. The van der Waals surface area contributed by atoms with Crippen LogP contribution in [-0.4, -0.2) is 18.8 Å². The fourth-order valence-corrected chi connectivity index (χ4v) is 4.11. The second-order valence-electron chi connectivity index (χ2n) is 5.54. The van der Waals surface area contributed by atoms with Gasteiger partial charge in [0.25, 0.3) is 0 Å². The molecule has 1 heterocycles. The third kappa shape index (κ3) is 3.39. The van der Waals surface area contributed by atoms with Gasteiger partial charge in [-0.25, -0.2) is 0 Å². The summed E-state index contributed by atoms with van der Waals surface area (Å²) in [4.78, 5) is 1.39. The number of likely N-dealkylation sites (N-methyl/N-ethyl adjacent to an activating group) is 1. The standard InChI is InChI=1S/C16H27NOS/c1-4-17-15(14-11-13(3)19-12-14)16(18-5-2)9-7-6-8-10-16/h11-12,15,17H,4-10H2,1-3H3. The van der Waals surface area contributed by atoms with Crippen molar-refractivity contribution in [3.8, 4) is 0 Å². The van der Waals surface area contributed by atoms with E-state index in [0.717, 1.165) is 13.2 Å². The highest BCUT2D eigenvalue weighted by Gasteiger charge is 2.41. The summed E-state index contributed by atoms with van der Waals surface area (Å²) in [6.07, 6.45) is 6.33. The minimum Gasteiger partial charge on any atom is -0.373 e. The van der Waals surface area contributed by atoms with E-state index in [-0.39, 0.29) is 5.60 Å². The summed E-state index contributed by atoms with van der Waals surface area (Å²) in [5, 5.41) is 5.99. The van der Waals surface area contributed by atoms with Crippen molar-refractivity contribution in [1.29, 1.82) is 0 Å². The SMILES string of the molecule is CCNC(c1csc(C)c1)C1(OCC)CCCCC1. The number of thiophene rings is 1. The molecule has 1 unspecified atom stereocenters. The predicted octanol–water partition coefficient (Wildman–Crippen LogP) is 4.45. The number of hydrogen-bond acceptors (Lipinski definition) is 3. The van der Waals surface area contributed by atoms with E-state index in [2.05, 4.69) is 37.5 Å². The monoisotopic (exact) mass is 281 g/mol. The zero-order valence-electron chi connectivity index (χ0n) is 12.5. The summed E-state index contributed by atoms with van der Waals surface area (Å²) in [6, 6.07) is 2.68. The summed E-state index contributed by atoms with van der Waals surface area (Å²) in [5.74, 6) is 0. The van der Waals surface area contributed by atoms with E-state index in [1.165, 1.54) is 42.5 Å². The zero-order chi connectivity index (χ0) is 13.7. The molecule has 0 aromatic carbocycles. The van der Waals surface area contributed by atoms with Crippen LogP contribution in [0.2, 0.25) is 0 Å². The Bertz CT molecular complexity index is 376. The van der Waals surface area contributed by atoms with E-state index >= 15 is 0 Å². The Morgan fingerprint density at radius 1 is 1.32 bits per heavy atom. The number of rotatable bonds is 6. The van der Waals surface area contributed by atoms with Gasteiger partial charge >= 0.3 is 0 Å². The van der Waals surface area contributed by atoms with Crippen LogP contribution in [0.1, 0.15) is 62.4 Å². The minimum atomic E-state index is 0.0104. The lowest BCUT2D eigenvalue weighted by Crippen LogP contribution is -2.47. The molecular weight excluding hydrogens is 254 g/mol. The molecule has 1 aliphatic rings. The van der Waals surface area contributed by atoms with Gasteiger partial charge in [-0.15, -0.1) is 11.3 Å². The molecule has 1 atom stereocenters. The van der Waals surface area contributed by atoms with Crippen LogP contribution in [0.25, 0.3) is 0 Å². The van der Waals surface area contributed by atoms with Crippen molar-refractivity contribution in [2.45, 2.75) is 64.5 Å². The molecule has 1 fully saturated rings. The lowest BCUT2D eigenvalue weighted by atomic mass is 9.77. The minimum absolute atomic E-state index is 0.0104. The molecule has 1 aromatic rings. The summed E-state index contributed by atoms with van der Waals surface area (Å²) in [7, 11) is 0. The number of hydrogen-bond donors (Lipinski definition) is 1. The first kappa shape index (κ1) is 15.0. The molecule has 0 amide bonds. The normalized spacial score (nSPS) is 20.4. The molecule has 1 aromatic heterocycles. The molecule has 2 nitrogen and oxygen atoms in total. The maximum Gasteiger partial charge on any atom is 0.0876 e. The molecule has 1 aliphatic carbocycles. The predicted molar refractivity (Wildman–Crippen MR) is 82.9 cm³/mol. The first-order valence-electron chi connectivity index (χ1n) is 7.64. The molecular formula is C16H27NOS. The Balaban J connectivity index is 2.27. The van der Waals surface area contributed by atoms with E-state index in [1.54, 1.807) is 0 Å². The summed E-state index contributed by atoms with van der Waals surface area (Å²) >= 11 is 1.84. The zero-order valence-corrected chi connectivity index (χ0v) is 13.3. The van der Waals surface area contributed by atoms with Crippen molar-refractivity contribution in [2.75, 3.05) is 13.2 Å². The third-order valence-electron chi connectivity index (χ3n) is 4.15. The van der Waals surface area contributed by atoms with E-state index in [0.29, 0.717) is 6.04 Å². The number of nitrogens with one attached hydrogen (secondary N) is 1. The van der Waals surface area contributed by atoms with Gasteiger partial charge in [-0.2, -0.15) is 0 Å². The van der Waals surface area contributed by atoms with Crippen LogP contribution < -0.4 is 5.32 Å². The van der Waals surface area contributed by atoms with Crippen molar-refractivity contribution >= 4 is 11.3 Å². The Kier molecular flexibility index (Phi) is 5.43. The number of ether oxygens (including phenoxy) is 1. The Labute approximate surface area is 121 Å². The van der Waals surface area contributed by atoms with Crippen LogP contribution in [0.4, 0.5) is 0 Å². The Morgan fingerprint density at radius 3 is 2.58 bits per heavy atom. The Morgan fingerprint density at radius 2 is 2.05 bits per heavy atom. The van der Waals surface area contributed by atoms with Crippen LogP contribution >= 0.6 is 11.3 Å². The fourth-order valence-electron chi connectivity index (χ4n) is 3.38. The summed E-state index contributed by atoms with van der Waals surface area (Å²) in [6.45, 7) is 8.30. The third-order valence-corrected chi connectivity index (χ3v) is 5.03. The topological polar surface area (TPSA) is 21.3 Å². The van der Waals surface area contributed by atoms with Gasteiger partial charge in [0.15, 0.2) is 0 Å². The molecule has 2 rings (SSSR count). The molecule has 0 radical (unpaired) electrons. The van der Waals surface area contributed by atoms with Crippen molar-refractivity contribution in [3.63, 3.8) is 0 Å². The van der Waals surface area contributed by atoms with Crippen molar-refractivity contribution < 1.29 is 4.74 Å². The van der Waals surface area contributed by atoms with Gasteiger partial charge in [-0.1, -0.05) is 26.2 Å². The van der Waals surface area contributed by atoms with E-state index < -0.39 is 0 Å². The van der Waals surface area contributed by atoms with Crippen LogP contribution in [0.5, 0.6) is 0 Å². The fraction of sp³-hybridized carbons (Fsp3) is 0.750. The van der Waals surface area contributed by atoms with Gasteiger partial charge in [-0.05, 0) is 50.2 Å². The molecule has 0 saturated heterocycles. The molecule has 0 bridgehead atoms. The lowest BCUT2D eigenvalue weighted by Gasteiger charge is -2.43. The highest BCUT2D eigenvalue weighted by molar-refractivity contribution is 7.10. The smallest absolute Gasteiger partial charge is 0.0876 e. The highest BCUT2D eigenvalue weighted by Crippen LogP contribution is 2.42. The van der Waals surface area contributed by atoms with Gasteiger partial charge in [0.1, 0.15) is 0 Å². The second kappa shape index (κ2) is 6.87. The first-order valence-corrected chi connectivity index (χ1v) is 8.52. The average molecular weight is 281 g/mol. The highest BCUT2D eigenvalue weighted by atomic mass is 32.1. The average Bonchev–Trinajstić information content (AvgIpc) is 2.83. The van der Waals surface area contributed by atoms with Crippen molar-refractivity contribution in [2.24, 2.45) is 0 Å². The second-order valence-corrected chi connectivity index (χ2v) is 6.66. The van der Waals surface area contributed by atoms with Crippen LogP contribution in [0.3, 0.4) is 0 Å². The van der Waals surface area contributed by atoms with Crippen molar-refractivity contribution in [1.82, 2.24) is 5.32 Å². The summed E-state index contributed by atoms with van der Waals surface area (Å²) in [5.41, 5.74) is 1.43. The molecule has 3 heteroatoms. The van der Waals surface area contributed by atoms with Gasteiger partial charge in [0.05, 0.1) is 11.6 Å². The maximum absolute atomic E-state index is 6.29.